The van der Waals surface area contributed by atoms with Crippen LogP contribution in [0.3, 0.4) is 0 Å². The predicted molar refractivity (Wildman–Crippen MR) is 54.0 cm³/mol. The molecule has 86 valence electrons. The van der Waals surface area contributed by atoms with Gasteiger partial charge in [-0.05, 0) is 6.42 Å². The lowest BCUT2D eigenvalue weighted by Gasteiger charge is -2.02. The first-order valence-corrected chi connectivity index (χ1v) is 6.68. The molecule has 1 heterocycles. The van der Waals surface area contributed by atoms with E-state index in [1.807, 2.05) is 6.92 Å². The summed E-state index contributed by atoms with van der Waals surface area (Å²) in [6, 6.07) is 0. The first kappa shape index (κ1) is 12.4. The van der Waals surface area contributed by atoms with E-state index in [0.717, 1.165) is 6.42 Å². The molecule has 0 spiro atoms. The lowest BCUT2D eigenvalue weighted by atomic mass is 10.5. The van der Waals surface area contributed by atoms with Crippen LogP contribution in [0.25, 0.3) is 0 Å². The van der Waals surface area contributed by atoms with E-state index in [-0.39, 0.29) is 11.8 Å². The Morgan fingerprint density at radius 2 is 2.13 bits per heavy atom. The average Bonchev–Trinajstić information content (AvgIpc) is 2.47. The van der Waals surface area contributed by atoms with Crippen molar-refractivity contribution in [3.8, 4) is 0 Å². The van der Waals surface area contributed by atoms with Crippen LogP contribution in [-0.2, 0) is 27.4 Å². The number of aromatic nitrogens is 3. The highest BCUT2D eigenvalue weighted by molar-refractivity contribution is 8.13. The van der Waals surface area contributed by atoms with E-state index in [1.54, 1.807) is 0 Å². The Balaban J connectivity index is 2.81. The van der Waals surface area contributed by atoms with Crippen LogP contribution >= 0.6 is 10.7 Å². The maximum atomic E-state index is 11.0. The van der Waals surface area contributed by atoms with Gasteiger partial charge in [-0.15, -0.1) is 10.2 Å². The Morgan fingerprint density at radius 3 is 2.60 bits per heavy atom. The normalized spacial score (nSPS) is 11.9. The van der Waals surface area contributed by atoms with E-state index in [2.05, 4.69) is 10.2 Å². The maximum absolute atomic E-state index is 11.0. The molecule has 0 saturated carbocycles. The second-order valence-corrected chi connectivity index (χ2v) is 5.41. The Kier molecular flexibility index (Phi) is 4.06. The van der Waals surface area contributed by atoms with Crippen molar-refractivity contribution in [2.75, 3.05) is 6.61 Å². The van der Waals surface area contributed by atoms with Crippen molar-refractivity contribution in [3.63, 3.8) is 0 Å². The monoisotopic (exact) mass is 253 g/mol. The van der Waals surface area contributed by atoms with Gasteiger partial charge in [-0.3, -0.25) is 0 Å². The SMILES string of the molecule is CCCOCc1nnc(S(=O)(=O)Cl)n1C. The van der Waals surface area contributed by atoms with Crippen molar-refractivity contribution in [3.05, 3.63) is 5.82 Å². The van der Waals surface area contributed by atoms with Crippen molar-refractivity contribution in [2.45, 2.75) is 25.1 Å². The van der Waals surface area contributed by atoms with Crippen molar-refractivity contribution < 1.29 is 13.2 Å². The van der Waals surface area contributed by atoms with Gasteiger partial charge in [-0.1, -0.05) is 6.92 Å². The smallest absolute Gasteiger partial charge is 0.296 e. The van der Waals surface area contributed by atoms with Crippen LogP contribution in [0.2, 0.25) is 0 Å². The summed E-state index contributed by atoms with van der Waals surface area (Å²) in [5, 5.41) is 6.89. The largest absolute Gasteiger partial charge is 0.373 e. The number of ether oxygens (including phenoxy) is 1. The first-order chi connectivity index (χ1) is 6.96. The molecule has 0 fully saturated rings. The summed E-state index contributed by atoms with van der Waals surface area (Å²) >= 11 is 0. The van der Waals surface area contributed by atoms with Crippen molar-refractivity contribution in [2.24, 2.45) is 7.05 Å². The van der Waals surface area contributed by atoms with Crippen LogP contribution in [0.5, 0.6) is 0 Å². The molecular formula is C7H12ClN3O3S. The van der Waals surface area contributed by atoms with Crippen molar-refractivity contribution in [1.82, 2.24) is 14.8 Å². The zero-order chi connectivity index (χ0) is 11.5. The predicted octanol–water partition coefficient (Wildman–Crippen LogP) is 0.669. The third kappa shape index (κ3) is 3.15. The summed E-state index contributed by atoms with van der Waals surface area (Å²) in [4.78, 5) is 0. The van der Waals surface area contributed by atoms with Gasteiger partial charge in [0.25, 0.3) is 14.2 Å². The molecule has 0 saturated heterocycles. The molecule has 0 aliphatic carbocycles. The van der Waals surface area contributed by atoms with Gasteiger partial charge in [0.15, 0.2) is 5.82 Å². The van der Waals surface area contributed by atoms with Gasteiger partial charge in [-0.25, -0.2) is 8.42 Å². The standard InChI is InChI=1S/C7H12ClN3O3S/c1-3-4-14-5-6-9-10-7(11(6)2)15(8,12)13/h3-5H2,1-2H3. The highest BCUT2D eigenvalue weighted by Gasteiger charge is 2.19. The van der Waals surface area contributed by atoms with Gasteiger partial charge < -0.3 is 9.30 Å². The van der Waals surface area contributed by atoms with Crippen molar-refractivity contribution >= 4 is 19.7 Å². The Hall–Kier alpha value is -0.660. The molecule has 0 unspecified atom stereocenters. The van der Waals surface area contributed by atoms with E-state index in [1.165, 1.54) is 11.6 Å². The molecule has 6 nitrogen and oxygen atoms in total. The van der Waals surface area contributed by atoms with Crippen molar-refractivity contribution in [1.29, 1.82) is 0 Å². The van der Waals surface area contributed by atoms with Gasteiger partial charge in [0.2, 0.25) is 0 Å². The highest BCUT2D eigenvalue weighted by atomic mass is 35.7. The summed E-state index contributed by atoms with van der Waals surface area (Å²) in [5.41, 5.74) is 0. The topological polar surface area (TPSA) is 74.1 Å². The van der Waals surface area contributed by atoms with E-state index >= 15 is 0 Å². The zero-order valence-corrected chi connectivity index (χ0v) is 10.0. The number of hydrogen-bond acceptors (Lipinski definition) is 5. The fourth-order valence-corrected chi connectivity index (χ4v) is 1.96. The van der Waals surface area contributed by atoms with E-state index in [9.17, 15) is 8.42 Å². The third-order valence-corrected chi connectivity index (χ3v) is 2.93. The lowest BCUT2D eigenvalue weighted by Crippen LogP contribution is -2.06. The molecule has 15 heavy (non-hydrogen) atoms. The molecule has 0 radical (unpaired) electrons. The lowest BCUT2D eigenvalue weighted by molar-refractivity contribution is 0.113. The molecule has 0 bridgehead atoms. The molecule has 0 aliphatic rings. The molecular weight excluding hydrogens is 242 g/mol. The van der Waals surface area contributed by atoms with Gasteiger partial charge >= 0.3 is 0 Å². The third-order valence-electron chi connectivity index (χ3n) is 1.72. The Bertz CT molecular complexity index is 429. The molecule has 8 heteroatoms. The molecule has 0 amide bonds. The quantitative estimate of drug-likeness (QED) is 0.570. The van der Waals surface area contributed by atoms with Crippen LogP contribution < -0.4 is 0 Å². The van der Waals surface area contributed by atoms with E-state index in [4.69, 9.17) is 15.4 Å². The summed E-state index contributed by atoms with van der Waals surface area (Å²) in [6.07, 6.45) is 0.887. The Labute approximate surface area is 92.6 Å². The molecule has 1 aromatic heterocycles. The molecule has 1 aromatic rings. The number of nitrogens with zero attached hydrogens (tertiary/aromatic N) is 3. The summed E-state index contributed by atoms with van der Waals surface area (Å²) in [7, 11) is 2.84. The fraction of sp³-hybridized carbons (Fsp3) is 0.714. The zero-order valence-electron chi connectivity index (χ0n) is 8.47. The second kappa shape index (κ2) is 4.91. The summed E-state index contributed by atoms with van der Waals surface area (Å²) in [5.74, 6) is 0.433. The van der Waals surface area contributed by atoms with Gasteiger partial charge in [-0.2, -0.15) is 0 Å². The van der Waals surface area contributed by atoms with Crippen LogP contribution in [-0.4, -0.2) is 29.8 Å². The summed E-state index contributed by atoms with van der Waals surface area (Å²) < 4.78 is 28.5. The highest BCUT2D eigenvalue weighted by Crippen LogP contribution is 2.12. The van der Waals surface area contributed by atoms with Crippen LogP contribution in [0.4, 0.5) is 0 Å². The second-order valence-electron chi connectivity index (χ2n) is 2.95. The first-order valence-electron chi connectivity index (χ1n) is 4.37. The molecule has 0 aromatic carbocycles. The van der Waals surface area contributed by atoms with E-state index in [0.29, 0.717) is 12.4 Å². The van der Waals surface area contributed by atoms with Crippen LogP contribution in [0.1, 0.15) is 19.2 Å². The van der Waals surface area contributed by atoms with E-state index < -0.39 is 9.05 Å². The number of halogens is 1. The minimum atomic E-state index is -3.84. The van der Waals surface area contributed by atoms with Gasteiger partial charge in [0, 0.05) is 24.3 Å². The van der Waals surface area contributed by atoms with Crippen LogP contribution in [0, 0.1) is 0 Å². The molecule has 1 rings (SSSR count). The minimum absolute atomic E-state index is 0.226. The molecule has 0 atom stereocenters. The molecule has 0 aliphatic heterocycles. The minimum Gasteiger partial charge on any atom is -0.373 e. The maximum Gasteiger partial charge on any atom is 0.296 e. The Morgan fingerprint density at radius 1 is 1.47 bits per heavy atom. The van der Waals surface area contributed by atoms with Gasteiger partial charge in [0.05, 0.1) is 0 Å². The van der Waals surface area contributed by atoms with Gasteiger partial charge in [0.1, 0.15) is 6.61 Å². The average molecular weight is 254 g/mol. The fourth-order valence-electron chi connectivity index (χ4n) is 0.991. The molecule has 0 N–H and O–H groups in total. The number of rotatable bonds is 5. The summed E-state index contributed by atoms with van der Waals surface area (Å²) in [6.45, 7) is 2.80. The van der Waals surface area contributed by atoms with Crippen LogP contribution in [0.15, 0.2) is 5.16 Å². The number of hydrogen-bond donors (Lipinski definition) is 0.